The number of pyridine rings is 1. The van der Waals surface area contributed by atoms with Crippen molar-refractivity contribution < 1.29 is 80.8 Å². The number of alkyl halides is 2. The van der Waals surface area contributed by atoms with Gasteiger partial charge in [-0.3, -0.25) is 77.4 Å². The smallest absolute Gasteiger partial charge is 0.317 e. The van der Waals surface area contributed by atoms with Gasteiger partial charge >= 0.3 is 11.9 Å². The van der Waals surface area contributed by atoms with E-state index in [0.717, 1.165) is 27.6 Å². The van der Waals surface area contributed by atoms with Crippen molar-refractivity contribution in [2.75, 3.05) is 145 Å². The first-order chi connectivity index (χ1) is 44.3. The van der Waals surface area contributed by atoms with Crippen molar-refractivity contribution in [1.29, 1.82) is 0 Å². The molecule has 1 aromatic heterocycles. The number of carboxylic acids is 1. The molecule has 6 amide bonds. The number of terminal acetylenes is 1. The average Bonchev–Trinajstić information content (AvgIpc) is 1.16. The first-order valence-corrected chi connectivity index (χ1v) is 31.7. The Labute approximate surface area is 546 Å². The highest BCUT2D eigenvalue weighted by Gasteiger charge is 2.46. The highest BCUT2D eigenvalue weighted by Crippen LogP contribution is 2.32. The summed E-state index contributed by atoms with van der Waals surface area (Å²) in [7, 11) is 1.16. The number of carbonyl (C=O) groups excluding carboxylic acids is 9. The van der Waals surface area contributed by atoms with E-state index in [4.69, 9.17) is 25.4 Å². The van der Waals surface area contributed by atoms with Gasteiger partial charge in [-0.15, -0.1) is 6.42 Å². The minimum absolute atomic E-state index is 0.0190. The van der Waals surface area contributed by atoms with E-state index in [1.807, 2.05) is 34.1 Å². The Kier molecular flexibility index (Phi) is 30.6. The van der Waals surface area contributed by atoms with Crippen LogP contribution in [0.3, 0.4) is 0 Å². The van der Waals surface area contributed by atoms with Gasteiger partial charge in [0.2, 0.25) is 29.5 Å². The second-order valence-corrected chi connectivity index (χ2v) is 23.9. The molecule has 3 aliphatic heterocycles. The number of likely N-dealkylation sites (tertiary alicyclic amines) is 1. The van der Waals surface area contributed by atoms with Gasteiger partial charge in [-0.1, -0.05) is 18.1 Å². The Morgan fingerprint density at radius 1 is 0.772 bits per heavy atom. The molecular formula is C62H83F2IN12O15. The number of aliphatic carboxylic acids is 1. The topological polar surface area (TPSA) is 312 Å². The summed E-state index contributed by atoms with van der Waals surface area (Å²) >= 11 is 2.23. The van der Waals surface area contributed by atoms with Crippen molar-refractivity contribution in [1.82, 2.24) is 60.6 Å². The molecule has 5 N–H and O–H groups in total. The molecule has 27 nitrogen and oxygen atoms in total. The van der Waals surface area contributed by atoms with E-state index in [1.165, 1.54) is 12.3 Å². The van der Waals surface area contributed by atoms with Gasteiger partial charge in [-0.2, -0.15) is 0 Å². The first kappa shape index (κ1) is 73.4. The maximum atomic E-state index is 14.5. The van der Waals surface area contributed by atoms with Gasteiger partial charge in [0.15, 0.2) is 0 Å². The zero-order chi connectivity index (χ0) is 66.4. The predicted octanol–water partition coefficient (Wildman–Crippen LogP) is 0.761. The third-order valence-corrected chi connectivity index (χ3v) is 16.6. The summed E-state index contributed by atoms with van der Waals surface area (Å²) in [5, 5.41) is 21.2. The highest BCUT2D eigenvalue weighted by molar-refractivity contribution is 14.1. The number of methoxy groups -OCH3 is 1. The van der Waals surface area contributed by atoms with Crippen LogP contribution in [0, 0.1) is 15.9 Å². The molecule has 0 spiro atoms. The van der Waals surface area contributed by atoms with E-state index >= 15 is 0 Å². The number of ether oxygens (including phenoxy) is 4. The SMILES string of the molecule is C#C[C@H]1CC(F)(F)CN1C(=O)CNC(=O)c1ccnc2ccc(OCCCCN3CCN(C(=O)[C@H](CC(=O)OC)NC(=O)[C@H](CCCNC(=O)CCCc4ccc(I)cc4)NC(=O)CN4CCN(COC=O)CCN(COC=O)CCN(CC(=O)O)CC4)CC3)cc12. The summed E-state index contributed by atoms with van der Waals surface area (Å²) in [6.45, 7) is 3.49. The fourth-order valence-corrected chi connectivity index (χ4v) is 11.2. The Morgan fingerprint density at radius 3 is 2.04 bits per heavy atom. The molecule has 30 heteroatoms. The quantitative estimate of drug-likeness (QED) is 0.0140. The molecule has 0 unspecified atom stereocenters. The number of carbonyl (C=O) groups is 10. The zero-order valence-electron chi connectivity index (χ0n) is 51.7. The predicted molar refractivity (Wildman–Crippen MR) is 338 cm³/mol. The molecule has 0 bridgehead atoms. The molecule has 3 saturated heterocycles. The molecule has 502 valence electrons. The third kappa shape index (κ3) is 25.1. The van der Waals surface area contributed by atoms with Crippen molar-refractivity contribution >= 4 is 93.8 Å². The second-order valence-electron chi connectivity index (χ2n) is 22.6. The standard InChI is InChI=1S/C62H83F2IN12O15/c1-3-47-36-62(63,64)40-77(47)56(82)37-68-59(86)49-17-19-66-51-16-15-48(34-50(49)51)92-33-5-4-20-71-29-31-76(32-30-71)61(88)53(35-58(85)89-2)70-60(87)52(9-7-18-67-54(80)10-6-8-45-11-13-46(65)14-12-45)69-55(81)38-72-21-22-73(39-57(83)84)24-26-75(42-91-44-79)28-27-74(25-23-72)41-90-43-78/h1,11-17,19,34,43-44,47,52-53H,4-10,18,20-33,35-42H2,2H3,(H,67,80)(H,68,86)(H,69,81)(H,70,87)(H,83,84)/t47-,52-,53-/m0/s1. The van der Waals surface area contributed by atoms with Gasteiger partial charge in [0.25, 0.3) is 24.8 Å². The number of aryl methyl sites for hydroxylation is 1. The lowest BCUT2D eigenvalue weighted by Gasteiger charge is -2.36. The summed E-state index contributed by atoms with van der Waals surface area (Å²) in [5.74, 6) is -5.65. The molecule has 92 heavy (non-hydrogen) atoms. The molecule has 0 aliphatic carbocycles. The normalized spacial score (nSPS) is 17.8. The van der Waals surface area contributed by atoms with Gasteiger partial charge in [0, 0.05) is 113 Å². The number of fused-ring (bicyclic) bond motifs is 1. The Morgan fingerprint density at radius 2 is 1.41 bits per heavy atom. The summed E-state index contributed by atoms with van der Waals surface area (Å²) in [6, 6.07) is 10.9. The van der Waals surface area contributed by atoms with Crippen molar-refractivity contribution in [3.8, 4) is 18.1 Å². The lowest BCUT2D eigenvalue weighted by atomic mass is 10.1. The molecular weight excluding hydrogens is 1320 g/mol. The molecule has 3 aromatic rings. The lowest BCUT2D eigenvalue weighted by Crippen LogP contribution is -2.58. The fraction of sp³-hybridized carbons (Fsp3) is 0.565. The van der Waals surface area contributed by atoms with E-state index < -0.39 is 91.5 Å². The summed E-state index contributed by atoms with van der Waals surface area (Å²) in [4.78, 5) is 145. The maximum absolute atomic E-state index is 14.5. The molecule has 3 fully saturated rings. The van der Waals surface area contributed by atoms with Crippen molar-refractivity contribution in [2.45, 2.75) is 81.8 Å². The molecule has 0 radical (unpaired) electrons. The highest BCUT2D eigenvalue weighted by atomic mass is 127. The van der Waals surface area contributed by atoms with Crippen LogP contribution >= 0.6 is 22.6 Å². The number of nitrogens with zero attached hydrogens (tertiary/aromatic N) is 8. The second kappa shape index (κ2) is 38.3. The van der Waals surface area contributed by atoms with Crippen LogP contribution < -0.4 is 26.0 Å². The number of hydrogen-bond acceptors (Lipinski definition) is 20. The molecule has 6 rings (SSSR count). The fourth-order valence-electron chi connectivity index (χ4n) is 10.8. The van der Waals surface area contributed by atoms with E-state index in [9.17, 15) is 61.8 Å². The number of carboxylic acid groups (broad SMARTS) is 1. The van der Waals surface area contributed by atoms with Crippen molar-refractivity contribution in [3.05, 3.63) is 69.4 Å². The number of esters is 1. The number of nitrogens with one attached hydrogen (secondary N) is 4. The van der Waals surface area contributed by atoms with E-state index in [1.54, 1.807) is 32.9 Å². The van der Waals surface area contributed by atoms with Crippen LogP contribution in [0.2, 0.25) is 0 Å². The van der Waals surface area contributed by atoms with Crippen LogP contribution in [0.15, 0.2) is 54.7 Å². The molecule has 3 atom stereocenters. The monoisotopic (exact) mass is 1400 g/mol. The average molecular weight is 1400 g/mol. The van der Waals surface area contributed by atoms with Gasteiger partial charge in [-0.25, -0.2) is 8.78 Å². The largest absolute Gasteiger partial charge is 0.494 e. The van der Waals surface area contributed by atoms with Crippen LogP contribution in [-0.2, 0) is 63.8 Å². The minimum Gasteiger partial charge on any atom is -0.494 e. The van der Waals surface area contributed by atoms with Gasteiger partial charge < -0.3 is 55.1 Å². The van der Waals surface area contributed by atoms with Crippen molar-refractivity contribution in [3.63, 3.8) is 0 Å². The summed E-state index contributed by atoms with van der Waals surface area (Å²) < 4.78 is 50.2. The number of unbranched alkanes of at least 4 members (excludes halogenated alkanes) is 1. The van der Waals surface area contributed by atoms with Crippen LogP contribution in [0.25, 0.3) is 10.9 Å². The van der Waals surface area contributed by atoms with Crippen LogP contribution in [0.5, 0.6) is 5.75 Å². The minimum atomic E-state index is -3.12. The lowest BCUT2D eigenvalue weighted by molar-refractivity contribution is -0.147. The number of benzene rings is 2. The number of halogens is 3. The number of rotatable bonds is 33. The van der Waals surface area contributed by atoms with E-state index in [-0.39, 0.29) is 110 Å². The van der Waals surface area contributed by atoms with E-state index in [2.05, 4.69) is 59.7 Å². The van der Waals surface area contributed by atoms with Gasteiger partial charge in [0.05, 0.1) is 63.4 Å². The summed E-state index contributed by atoms with van der Waals surface area (Å²) in [6.07, 6.45) is 8.86. The number of amides is 6. The first-order valence-electron chi connectivity index (χ1n) is 30.6. The molecule has 2 aromatic carbocycles. The third-order valence-electron chi connectivity index (χ3n) is 15.9. The molecule has 0 saturated carbocycles. The molecule has 4 heterocycles. The molecule has 3 aliphatic rings. The zero-order valence-corrected chi connectivity index (χ0v) is 53.9. The van der Waals surface area contributed by atoms with Crippen LogP contribution in [-0.4, -0.2) is 274 Å². The summed E-state index contributed by atoms with van der Waals surface area (Å²) in [5.41, 5.74) is 1.80. The Hall–Kier alpha value is -7.70. The number of aromatic nitrogens is 1. The van der Waals surface area contributed by atoms with Crippen LogP contribution in [0.1, 0.15) is 67.3 Å². The number of hydrogen-bond donors (Lipinski definition) is 5. The van der Waals surface area contributed by atoms with Crippen LogP contribution in [0.4, 0.5) is 8.78 Å². The van der Waals surface area contributed by atoms with Crippen molar-refractivity contribution in [2.24, 2.45) is 0 Å². The number of piperazine rings is 1. The van der Waals surface area contributed by atoms with Gasteiger partial charge in [-0.05, 0) is 110 Å². The van der Waals surface area contributed by atoms with Gasteiger partial charge in [0.1, 0.15) is 31.3 Å². The Balaban J connectivity index is 1.04. The van der Waals surface area contributed by atoms with E-state index in [0.29, 0.717) is 94.7 Å². The Bertz CT molecular complexity index is 3010. The maximum Gasteiger partial charge on any atom is 0.317 e.